The lowest BCUT2D eigenvalue weighted by Crippen LogP contribution is -2.43. The van der Waals surface area contributed by atoms with Crippen LogP contribution >= 0.6 is 0 Å². The van der Waals surface area contributed by atoms with Crippen molar-refractivity contribution in [2.75, 3.05) is 19.6 Å². The van der Waals surface area contributed by atoms with E-state index < -0.39 is 11.4 Å². The van der Waals surface area contributed by atoms with Crippen molar-refractivity contribution in [3.8, 4) is 11.1 Å². The molecule has 1 aliphatic carbocycles. The van der Waals surface area contributed by atoms with Crippen LogP contribution in [0.3, 0.4) is 0 Å². The second kappa shape index (κ2) is 8.50. The molecule has 3 aliphatic rings. The summed E-state index contributed by atoms with van der Waals surface area (Å²) in [5, 5.41) is 2.07. The SMILES string of the molecule is CC1(C)N=C(c2ccc(-c3ccc4cnccc4c3)cc2F)N(C[C@@H]2CCN(C(=O)C3CC3)C2)C1=O. The van der Waals surface area contributed by atoms with E-state index in [-0.39, 0.29) is 23.7 Å². The summed E-state index contributed by atoms with van der Waals surface area (Å²) in [6.45, 7) is 5.34. The molecule has 184 valence electrons. The molecule has 0 spiro atoms. The van der Waals surface area contributed by atoms with Crippen LogP contribution in [0.4, 0.5) is 4.39 Å². The zero-order valence-electron chi connectivity index (χ0n) is 20.6. The highest BCUT2D eigenvalue weighted by Gasteiger charge is 2.44. The number of amides is 2. The summed E-state index contributed by atoms with van der Waals surface area (Å²) in [5.41, 5.74) is 1.05. The van der Waals surface area contributed by atoms with Gasteiger partial charge in [-0.2, -0.15) is 0 Å². The fourth-order valence-electron chi connectivity index (χ4n) is 5.34. The van der Waals surface area contributed by atoms with Crippen molar-refractivity contribution in [2.45, 2.75) is 38.6 Å². The first kappa shape index (κ1) is 22.8. The molecule has 7 heteroatoms. The van der Waals surface area contributed by atoms with E-state index in [9.17, 15) is 9.59 Å². The molecule has 2 aromatic carbocycles. The summed E-state index contributed by atoms with van der Waals surface area (Å²) in [4.78, 5) is 38.1. The second-order valence-electron chi connectivity index (χ2n) is 10.8. The summed E-state index contributed by atoms with van der Waals surface area (Å²) >= 11 is 0. The molecule has 0 N–H and O–H groups in total. The lowest BCUT2D eigenvalue weighted by molar-refractivity contribution is -0.131. The molecule has 6 nitrogen and oxygen atoms in total. The quantitative estimate of drug-likeness (QED) is 0.529. The zero-order chi connectivity index (χ0) is 25.0. The standard InChI is InChI=1S/C29H29FN4O2/c1-29(2)28(36)34(17-18-10-12-33(16-18)27(35)19-3-4-19)26(32-29)24-8-7-21(14-25(24)30)20-5-6-23-15-31-11-9-22(23)13-20/h5-9,11,13-15,18-19H,3-4,10,12,16-17H2,1-2H3/t18-/m1/s1. The Bertz CT molecular complexity index is 1410. The van der Waals surface area contributed by atoms with Gasteiger partial charge in [-0.05, 0) is 79.8 Å². The number of carbonyl (C=O) groups excluding carboxylic acids is 2. The first-order valence-electron chi connectivity index (χ1n) is 12.6. The number of hydrogen-bond donors (Lipinski definition) is 0. The number of halogens is 1. The molecule has 0 radical (unpaired) electrons. The minimum atomic E-state index is -0.949. The molecule has 2 amide bonds. The third-order valence-electron chi connectivity index (χ3n) is 7.56. The van der Waals surface area contributed by atoms with E-state index in [4.69, 9.17) is 0 Å². The van der Waals surface area contributed by atoms with Gasteiger partial charge < -0.3 is 4.90 Å². The maximum absolute atomic E-state index is 15.5. The lowest BCUT2D eigenvalue weighted by Gasteiger charge is -2.25. The molecule has 1 saturated heterocycles. The Morgan fingerprint density at radius 3 is 2.61 bits per heavy atom. The molecular formula is C29H29FN4O2. The van der Waals surface area contributed by atoms with Gasteiger partial charge in [0.25, 0.3) is 5.91 Å². The smallest absolute Gasteiger partial charge is 0.255 e. The number of aromatic nitrogens is 1. The van der Waals surface area contributed by atoms with Gasteiger partial charge >= 0.3 is 0 Å². The molecule has 3 aromatic rings. The largest absolute Gasteiger partial charge is 0.342 e. The van der Waals surface area contributed by atoms with Crippen molar-refractivity contribution in [1.82, 2.24) is 14.8 Å². The highest BCUT2D eigenvalue weighted by Crippen LogP contribution is 2.34. The van der Waals surface area contributed by atoms with Crippen LogP contribution in [-0.2, 0) is 9.59 Å². The minimum absolute atomic E-state index is 0.129. The lowest BCUT2D eigenvalue weighted by atomic mass is 10.00. The average Bonchev–Trinajstić information content (AvgIpc) is 3.58. The third-order valence-corrected chi connectivity index (χ3v) is 7.56. The number of nitrogens with zero attached hydrogens (tertiary/aromatic N) is 4. The van der Waals surface area contributed by atoms with Gasteiger partial charge in [-0.3, -0.25) is 24.5 Å². The summed E-state index contributed by atoms with van der Waals surface area (Å²) in [6, 6.07) is 13.0. The normalized spacial score (nSPS) is 21.4. The Morgan fingerprint density at radius 2 is 1.83 bits per heavy atom. The topological polar surface area (TPSA) is 65.9 Å². The van der Waals surface area contributed by atoms with E-state index in [1.807, 2.05) is 35.2 Å². The predicted octanol–water partition coefficient (Wildman–Crippen LogP) is 4.67. The van der Waals surface area contributed by atoms with Crippen LogP contribution in [-0.4, -0.2) is 57.6 Å². The summed E-state index contributed by atoms with van der Waals surface area (Å²) in [7, 11) is 0. The summed E-state index contributed by atoms with van der Waals surface area (Å²) < 4.78 is 15.5. The van der Waals surface area contributed by atoms with Crippen LogP contribution in [0.15, 0.2) is 59.9 Å². The summed E-state index contributed by atoms with van der Waals surface area (Å²) in [6.07, 6.45) is 6.37. The molecule has 0 unspecified atom stereocenters. The molecule has 0 bridgehead atoms. The van der Waals surface area contributed by atoms with E-state index in [1.54, 1.807) is 37.2 Å². The summed E-state index contributed by atoms with van der Waals surface area (Å²) in [5.74, 6) is 0.437. The fraction of sp³-hybridized carbons (Fsp3) is 0.379. The Morgan fingerprint density at radius 1 is 1.06 bits per heavy atom. The van der Waals surface area contributed by atoms with Crippen LogP contribution in [0.1, 0.15) is 38.7 Å². The Kier molecular flexibility index (Phi) is 5.39. The Hall–Kier alpha value is -3.61. The highest BCUT2D eigenvalue weighted by atomic mass is 19.1. The molecule has 6 rings (SSSR count). The number of carbonyl (C=O) groups is 2. The Labute approximate surface area is 209 Å². The number of rotatable bonds is 5. The van der Waals surface area contributed by atoms with Gasteiger partial charge in [0.05, 0.1) is 5.56 Å². The van der Waals surface area contributed by atoms with Crippen LogP contribution in [0.2, 0.25) is 0 Å². The van der Waals surface area contributed by atoms with Crippen LogP contribution in [0.5, 0.6) is 0 Å². The van der Waals surface area contributed by atoms with E-state index in [0.29, 0.717) is 24.5 Å². The van der Waals surface area contributed by atoms with Crippen molar-refractivity contribution in [2.24, 2.45) is 16.8 Å². The van der Waals surface area contributed by atoms with Crippen molar-refractivity contribution in [3.63, 3.8) is 0 Å². The van der Waals surface area contributed by atoms with Gasteiger partial charge in [0.1, 0.15) is 17.2 Å². The molecular weight excluding hydrogens is 455 g/mol. The zero-order valence-corrected chi connectivity index (χ0v) is 20.6. The van der Waals surface area contributed by atoms with E-state index >= 15 is 4.39 Å². The average molecular weight is 485 g/mol. The highest BCUT2D eigenvalue weighted by molar-refractivity contribution is 6.15. The van der Waals surface area contributed by atoms with Gasteiger partial charge in [0, 0.05) is 43.3 Å². The fourth-order valence-corrected chi connectivity index (χ4v) is 5.34. The molecule has 1 aromatic heterocycles. The van der Waals surface area contributed by atoms with Gasteiger partial charge in [0.2, 0.25) is 5.91 Å². The number of benzene rings is 2. The van der Waals surface area contributed by atoms with Crippen molar-refractivity contribution in [3.05, 3.63) is 66.2 Å². The molecule has 2 fully saturated rings. The van der Waals surface area contributed by atoms with Crippen molar-refractivity contribution >= 4 is 28.4 Å². The number of aliphatic imine (C=N–C) groups is 1. The van der Waals surface area contributed by atoms with Gasteiger partial charge in [0.15, 0.2) is 0 Å². The van der Waals surface area contributed by atoms with Crippen LogP contribution in [0, 0.1) is 17.7 Å². The maximum Gasteiger partial charge on any atom is 0.255 e. The van der Waals surface area contributed by atoms with Crippen LogP contribution < -0.4 is 0 Å². The first-order valence-corrected chi connectivity index (χ1v) is 12.6. The van der Waals surface area contributed by atoms with Gasteiger partial charge in [-0.25, -0.2) is 4.39 Å². The molecule has 1 saturated carbocycles. The number of fused-ring (bicyclic) bond motifs is 1. The van der Waals surface area contributed by atoms with Gasteiger partial charge in [-0.15, -0.1) is 0 Å². The molecule has 1 atom stereocenters. The van der Waals surface area contributed by atoms with E-state index in [0.717, 1.165) is 47.7 Å². The van der Waals surface area contributed by atoms with E-state index in [1.165, 1.54) is 6.07 Å². The van der Waals surface area contributed by atoms with Crippen molar-refractivity contribution in [1.29, 1.82) is 0 Å². The first-order chi connectivity index (χ1) is 17.3. The Balaban J connectivity index is 1.26. The van der Waals surface area contributed by atoms with Gasteiger partial charge in [-0.1, -0.05) is 18.2 Å². The monoisotopic (exact) mass is 484 g/mol. The van der Waals surface area contributed by atoms with Crippen LogP contribution in [0.25, 0.3) is 21.9 Å². The predicted molar refractivity (Wildman–Crippen MR) is 137 cm³/mol. The number of hydrogen-bond acceptors (Lipinski definition) is 4. The third kappa shape index (κ3) is 4.06. The number of amidine groups is 1. The number of pyridine rings is 1. The van der Waals surface area contributed by atoms with E-state index in [2.05, 4.69) is 9.98 Å². The second-order valence-corrected chi connectivity index (χ2v) is 10.8. The maximum atomic E-state index is 15.5. The molecule has 2 aliphatic heterocycles. The number of likely N-dealkylation sites (tertiary alicyclic amines) is 1. The molecule has 3 heterocycles. The minimum Gasteiger partial charge on any atom is -0.342 e. The molecule has 36 heavy (non-hydrogen) atoms. The van der Waals surface area contributed by atoms with Crippen molar-refractivity contribution < 1.29 is 14.0 Å².